The van der Waals surface area contributed by atoms with Crippen molar-refractivity contribution in [3.63, 3.8) is 0 Å². The van der Waals surface area contributed by atoms with E-state index in [0.29, 0.717) is 5.95 Å². The number of hydrogen-bond donors (Lipinski definition) is 2. The Morgan fingerprint density at radius 1 is 0.889 bits per heavy atom. The molecule has 3 aromatic rings. The van der Waals surface area contributed by atoms with E-state index in [0.717, 1.165) is 30.3 Å². The summed E-state index contributed by atoms with van der Waals surface area (Å²) < 4.78 is 0. The second-order valence-electron chi connectivity index (χ2n) is 6.55. The first-order chi connectivity index (χ1) is 13.1. The molecule has 2 aromatic carbocycles. The van der Waals surface area contributed by atoms with Crippen LogP contribution < -0.4 is 15.5 Å². The SMILES string of the molecule is CCN(CC)c1ccc(Nc2ccnc(Nc3ccc(C)cc3)n2)c(C)c1. The highest BCUT2D eigenvalue weighted by Crippen LogP contribution is 2.25. The van der Waals surface area contributed by atoms with Gasteiger partial charge in [-0.05, 0) is 69.7 Å². The maximum Gasteiger partial charge on any atom is 0.229 e. The van der Waals surface area contributed by atoms with Crippen LogP contribution >= 0.6 is 0 Å². The van der Waals surface area contributed by atoms with E-state index in [2.05, 4.69) is 83.5 Å². The summed E-state index contributed by atoms with van der Waals surface area (Å²) in [4.78, 5) is 11.2. The van der Waals surface area contributed by atoms with Crippen LogP contribution in [0.5, 0.6) is 0 Å². The smallest absolute Gasteiger partial charge is 0.229 e. The maximum absolute atomic E-state index is 4.57. The molecule has 0 unspecified atom stereocenters. The zero-order chi connectivity index (χ0) is 19.2. The second kappa shape index (κ2) is 8.54. The second-order valence-corrected chi connectivity index (χ2v) is 6.55. The molecule has 0 aliphatic rings. The number of nitrogens with zero attached hydrogens (tertiary/aromatic N) is 3. The lowest BCUT2D eigenvalue weighted by Gasteiger charge is -2.22. The third-order valence-electron chi connectivity index (χ3n) is 4.56. The molecule has 0 radical (unpaired) electrons. The Morgan fingerprint density at radius 3 is 2.30 bits per heavy atom. The first-order valence-corrected chi connectivity index (χ1v) is 9.38. The van der Waals surface area contributed by atoms with Gasteiger partial charge in [0.15, 0.2) is 0 Å². The zero-order valence-electron chi connectivity index (χ0n) is 16.5. The Hall–Kier alpha value is -3.08. The predicted octanol–water partition coefficient (Wildman–Crippen LogP) is 5.43. The third kappa shape index (κ3) is 4.76. The van der Waals surface area contributed by atoms with Gasteiger partial charge in [-0.1, -0.05) is 17.7 Å². The van der Waals surface area contributed by atoms with Crippen LogP contribution in [0.4, 0.5) is 28.8 Å². The van der Waals surface area contributed by atoms with Crippen molar-refractivity contribution in [1.29, 1.82) is 0 Å². The molecule has 0 fully saturated rings. The molecule has 3 rings (SSSR count). The summed E-state index contributed by atoms with van der Waals surface area (Å²) in [6.45, 7) is 10.5. The first-order valence-electron chi connectivity index (χ1n) is 9.38. The fourth-order valence-electron chi connectivity index (χ4n) is 2.97. The number of aromatic nitrogens is 2. The molecule has 0 aliphatic carbocycles. The van der Waals surface area contributed by atoms with Crippen molar-refractivity contribution < 1.29 is 0 Å². The van der Waals surface area contributed by atoms with Crippen LogP contribution in [0.15, 0.2) is 54.7 Å². The largest absolute Gasteiger partial charge is 0.372 e. The van der Waals surface area contributed by atoms with E-state index in [1.807, 2.05) is 18.2 Å². The van der Waals surface area contributed by atoms with Gasteiger partial charge in [0.2, 0.25) is 5.95 Å². The monoisotopic (exact) mass is 361 g/mol. The van der Waals surface area contributed by atoms with Crippen molar-refractivity contribution >= 4 is 28.8 Å². The van der Waals surface area contributed by atoms with E-state index in [9.17, 15) is 0 Å². The van der Waals surface area contributed by atoms with Gasteiger partial charge in [-0.15, -0.1) is 0 Å². The van der Waals surface area contributed by atoms with Gasteiger partial charge in [0.1, 0.15) is 5.82 Å². The topological polar surface area (TPSA) is 53.1 Å². The zero-order valence-corrected chi connectivity index (χ0v) is 16.5. The molecular weight excluding hydrogens is 334 g/mol. The van der Waals surface area contributed by atoms with E-state index in [1.165, 1.54) is 16.8 Å². The normalized spacial score (nSPS) is 10.5. The number of aryl methyl sites for hydroxylation is 2. The molecule has 27 heavy (non-hydrogen) atoms. The average molecular weight is 361 g/mol. The number of anilines is 5. The molecule has 0 saturated heterocycles. The lowest BCUT2D eigenvalue weighted by atomic mass is 10.1. The molecule has 5 heteroatoms. The van der Waals surface area contributed by atoms with Gasteiger partial charge in [-0.3, -0.25) is 0 Å². The van der Waals surface area contributed by atoms with Gasteiger partial charge in [0, 0.05) is 36.3 Å². The van der Waals surface area contributed by atoms with Crippen LogP contribution in [0.25, 0.3) is 0 Å². The number of hydrogen-bond acceptors (Lipinski definition) is 5. The lowest BCUT2D eigenvalue weighted by molar-refractivity contribution is 0.866. The number of rotatable bonds is 7. The average Bonchev–Trinajstić information content (AvgIpc) is 2.67. The minimum absolute atomic E-state index is 0.571. The van der Waals surface area contributed by atoms with Gasteiger partial charge in [0.05, 0.1) is 0 Å². The Labute approximate surface area is 161 Å². The highest BCUT2D eigenvalue weighted by molar-refractivity contribution is 5.66. The molecule has 5 nitrogen and oxygen atoms in total. The third-order valence-corrected chi connectivity index (χ3v) is 4.56. The summed E-state index contributed by atoms with van der Waals surface area (Å²) in [5, 5.41) is 6.64. The summed E-state index contributed by atoms with van der Waals surface area (Å²) in [6.07, 6.45) is 1.76. The van der Waals surface area contributed by atoms with Crippen molar-refractivity contribution in [1.82, 2.24) is 9.97 Å². The molecular formula is C22H27N5. The summed E-state index contributed by atoms with van der Waals surface area (Å²) >= 11 is 0. The molecule has 0 amide bonds. The quantitative estimate of drug-likeness (QED) is 0.588. The van der Waals surface area contributed by atoms with E-state index in [1.54, 1.807) is 6.20 Å². The summed E-state index contributed by atoms with van der Waals surface area (Å²) in [5.41, 5.74) is 5.67. The lowest BCUT2D eigenvalue weighted by Crippen LogP contribution is -2.21. The molecule has 0 aliphatic heterocycles. The van der Waals surface area contributed by atoms with Crippen molar-refractivity contribution in [2.24, 2.45) is 0 Å². The summed E-state index contributed by atoms with van der Waals surface area (Å²) in [5.74, 6) is 1.33. The van der Waals surface area contributed by atoms with Crippen molar-refractivity contribution in [2.75, 3.05) is 28.6 Å². The van der Waals surface area contributed by atoms with Crippen LogP contribution in [0.3, 0.4) is 0 Å². The maximum atomic E-state index is 4.57. The van der Waals surface area contributed by atoms with E-state index < -0.39 is 0 Å². The van der Waals surface area contributed by atoms with Crippen LogP contribution in [0.1, 0.15) is 25.0 Å². The minimum Gasteiger partial charge on any atom is -0.372 e. The molecule has 0 atom stereocenters. The van der Waals surface area contributed by atoms with Crippen molar-refractivity contribution in [3.8, 4) is 0 Å². The predicted molar refractivity (Wildman–Crippen MR) is 115 cm³/mol. The van der Waals surface area contributed by atoms with Crippen molar-refractivity contribution in [2.45, 2.75) is 27.7 Å². The summed E-state index contributed by atoms with van der Waals surface area (Å²) in [7, 11) is 0. The van der Waals surface area contributed by atoms with Gasteiger partial charge >= 0.3 is 0 Å². The number of nitrogens with one attached hydrogen (secondary N) is 2. The van der Waals surface area contributed by atoms with Gasteiger partial charge in [-0.2, -0.15) is 4.98 Å². The van der Waals surface area contributed by atoms with Crippen LogP contribution in [0, 0.1) is 13.8 Å². The fraction of sp³-hybridized carbons (Fsp3) is 0.273. The van der Waals surface area contributed by atoms with Crippen molar-refractivity contribution in [3.05, 3.63) is 65.9 Å². The van der Waals surface area contributed by atoms with Crippen LogP contribution in [-0.4, -0.2) is 23.1 Å². The number of benzene rings is 2. The minimum atomic E-state index is 0.571. The first kappa shape index (κ1) is 18.7. The molecule has 140 valence electrons. The Kier molecular flexibility index (Phi) is 5.91. The summed E-state index contributed by atoms with van der Waals surface area (Å²) in [6, 6.07) is 16.5. The highest BCUT2D eigenvalue weighted by Gasteiger charge is 2.07. The molecule has 1 heterocycles. The Morgan fingerprint density at radius 2 is 1.63 bits per heavy atom. The van der Waals surface area contributed by atoms with Crippen LogP contribution in [0.2, 0.25) is 0 Å². The van der Waals surface area contributed by atoms with Gasteiger partial charge in [-0.25, -0.2) is 4.98 Å². The standard InChI is InChI=1S/C22H27N5/c1-5-27(6-2)19-11-12-20(17(4)15-19)25-21-13-14-23-22(26-21)24-18-9-7-16(3)8-10-18/h7-15H,5-6H2,1-4H3,(H2,23,24,25,26). The molecule has 0 spiro atoms. The Balaban J connectivity index is 1.75. The molecule has 0 bridgehead atoms. The van der Waals surface area contributed by atoms with E-state index in [4.69, 9.17) is 0 Å². The fourth-order valence-corrected chi connectivity index (χ4v) is 2.97. The Bertz CT molecular complexity index is 885. The van der Waals surface area contributed by atoms with Gasteiger partial charge in [0.25, 0.3) is 0 Å². The molecule has 1 aromatic heterocycles. The molecule has 2 N–H and O–H groups in total. The van der Waals surface area contributed by atoms with Crippen LogP contribution in [-0.2, 0) is 0 Å². The molecule has 0 saturated carbocycles. The highest BCUT2D eigenvalue weighted by atomic mass is 15.1. The van der Waals surface area contributed by atoms with E-state index in [-0.39, 0.29) is 0 Å². The van der Waals surface area contributed by atoms with Gasteiger partial charge < -0.3 is 15.5 Å². The van der Waals surface area contributed by atoms with E-state index >= 15 is 0 Å².